The molecule has 1 aliphatic heterocycles. The van der Waals surface area contributed by atoms with E-state index < -0.39 is 5.54 Å². The van der Waals surface area contributed by atoms with Crippen LogP contribution < -0.4 is 21.3 Å². The molecule has 0 aromatic carbocycles. The second-order valence-corrected chi connectivity index (χ2v) is 9.83. The van der Waals surface area contributed by atoms with Gasteiger partial charge in [0.15, 0.2) is 5.82 Å². The second-order valence-electron chi connectivity index (χ2n) is 9.83. The van der Waals surface area contributed by atoms with Crippen LogP contribution in [-0.2, 0) is 26.3 Å². The Bertz CT molecular complexity index is 1060. The highest BCUT2D eigenvalue weighted by atomic mass is 16.5. The molecule has 0 spiro atoms. The van der Waals surface area contributed by atoms with Crippen molar-refractivity contribution >= 4 is 29.2 Å². The largest absolute Gasteiger partial charge is 0.369 e. The van der Waals surface area contributed by atoms with Crippen LogP contribution in [-0.4, -0.2) is 45.9 Å². The van der Waals surface area contributed by atoms with Gasteiger partial charge in [0, 0.05) is 32.9 Å². The van der Waals surface area contributed by atoms with Crippen molar-refractivity contribution in [1.82, 2.24) is 20.4 Å². The lowest BCUT2D eigenvalue weighted by Crippen LogP contribution is -2.45. The van der Waals surface area contributed by atoms with Gasteiger partial charge in [-0.05, 0) is 37.8 Å². The molecule has 2 aromatic heterocycles. The molecule has 1 aliphatic carbocycles. The molecule has 4 rings (SSSR count). The van der Waals surface area contributed by atoms with Crippen LogP contribution in [0.5, 0.6) is 0 Å². The van der Waals surface area contributed by atoms with E-state index in [-0.39, 0.29) is 30.1 Å². The summed E-state index contributed by atoms with van der Waals surface area (Å²) in [6, 6.07) is 3.62. The first-order valence-corrected chi connectivity index (χ1v) is 12.8. The Morgan fingerprint density at radius 2 is 1.94 bits per heavy atom. The standard InChI is InChI=1S/C25H35N7O4/c1-17(33)30-25(12-4-2-3-5-13-25)24-29-22(36-31-24)11-10-21(34)28-19-8-9-20(27-15-19)32-14-6-7-18(16-32)23(26)35/h8-9,15,18H,2-7,10-14,16H2,1H3,(H2,26,35)(H,28,34)(H,30,33). The molecule has 0 radical (unpaired) electrons. The molecule has 3 amide bonds. The number of carbonyl (C=O) groups excluding carboxylic acids is 3. The lowest BCUT2D eigenvalue weighted by molar-refractivity contribution is -0.122. The van der Waals surface area contributed by atoms with Crippen molar-refractivity contribution in [3.63, 3.8) is 0 Å². The Morgan fingerprint density at radius 3 is 2.61 bits per heavy atom. The molecular formula is C25H35N7O4. The monoisotopic (exact) mass is 497 g/mol. The molecule has 11 heteroatoms. The van der Waals surface area contributed by atoms with Crippen molar-refractivity contribution in [2.45, 2.75) is 76.7 Å². The first-order chi connectivity index (χ1) is 17.3. The molecule has 0 bridgehead atoms. The molecular weight excluding hydrogens is 462 g/mol. The van der Waals surface area contributed by atoms with Crippen LogP contribution >= 0.6 is 0 Å². The third-order valence-corrected chi connectivity index (χ3v) is 7.01. The van der Waals surface area contributed by atoms with Gasteiger partial charge in [0.2, 0.25) is 23.6 Å². The Balaban J connectivity index is 1.31. The minimum atomic E-state index is -0.606. The smallest absolute Gasteiger partial charge is 0.227 e. The molecule has 3 heterocycles. The van der Waals surface area contributed by atoms with Crippen LogP contribution in [0.15, 0.2) is 22.9 Å². The van der Waals surface area contributed by atoms with Crippen molar-refractivity contribution < 1.29 is 18.9 Å². The summed E-state index contributed by atoms with van der Waals surface area (Å²) in [7, 11) is 0. The van der Waals surface area contributed by atoms with E-state index in [4.69, 9.17) is 10.3 Å². The van der Waals surface area contributed by atoms with Crippen LogP contribution in [0.3, 0.4) is 0 Å². The summed E-state index contributed by atoms with van der Waals surface area (Å²) in [5.74, 6) is 0.862. The van der Waals surface area contributed by atoms with Crippen molar-refractivity contribution in [2.24, 2.45) is 11.7 Å². The zero-order chi connectivity index (χ0) is 25.5. The van der Waals surface area contributed by atoms with Crippen molar-refractivity contribution in [3.05, 3.63) is 30.0 Å². The average molecular weight is 498 g/mol. The molecule has 1 unspecified atom stereocenters. The summed E-state index contributed by atoms with van der Waals surface area (Å²) in [6.07, 6.45) is 9.52. The number of pyridine rings is 1. The summed E-state index contributed by atoms with van der Waals surface area (Å²) in [5, 5.41) is 10.1. The van der Waals surface area contributed by atoms with E-state index >= 15 is 0 Å². The summed E-state index contributed by atoms with van der Waals surface area (Å²) in [5.41, 5.74) is 5.44. The maximum Gasteiger partial charge on any atom is 0.227 e. The Labute approximate surface area is 210 Å². The topological polar surface area (TPSA) is 156 Å². The molecule has 11 nitrogen and oxygen atoms in total. The number of amides is 3. The second kappa shape index (κ2) is 11.5. The predicted octanol–water partition coefficient (Wildman–Crippen LogP) is 2.42. The number of hydrogen-bond acceptors (Lipinski definition) is 8. The fourth-order valence-electron chi connectivity index (χ4n) is 5.13. The third-order valence-electron chi connectivity index (χ3n) is 7.01. The molecule has 1 saturated heterocycles. The average Bonchev–Trinajstić information content (AvgIpc) is 3.23. The maximum absolute atomic E-state index is 12.5. The van der Waals surface area contributed by atoms with E-state index in [0.29, 0.717) is 30.4 Å². The first kappa shape index (κ1) is 25.6. The van der Waals surface area contributed by atoms with E-state index in [1.54, 1.807) is 12.3 Å². The van der Waals surface area contributed by atoms with E-state index in [9.17, 15) is 14.4 Å². The lowest BCUT2D eigenvalue weighted by atomic mass is 9.89. The van der Waals surface area contributed by atoms with E-state index in [2.05, 4.69) is 25.8 Å². The minimum absolute atomic E-state index is 0.116. The number of carbonyl (C=O) groups is 3. The normalized spacial score (nSPS) is 19.8. The van der Waals surface area contributed by atoms with Gasteiger partial charge in [0.1, 0.15) is 11.4 Å². The van der Waals surface area contributed by atoms with E-state index in [1.807, 2.05) is 11.0 Å². The van der Waals surface area contributed by atoms with Gasteiger partial charge in [-0.3, -0.25) is 14.4 Å². The maximum atomic E-state index is 12.5. The van der Waals surface area contributed by atoms with Gasteiger partial charge >= 0.3 is 0 Å². The summed E-state index contributed by atoms with van der Waals surface area (Å²) < 4.78 is 5.43. The number of nitrogens with zero attached hydrogens (tertiary/aromatic N) is 4. The number of aromatic nitrogens is 3. The van der Waals surface area contributed by atoms with Gasteiger partial charge in [-0.1, -0.05) is 30.8 Å². The molecule has 1 atom stereocenters. The highest BCUT2D eigenvalue weighted by Crippen LogP contribution is 2.34. The molecule has 1 saturated carbocycles. The van der Waals surface area contributed by atoms with Gasteiger partial charge in [0.05, 0.1) is 17.8 Å². The van der Waals surface area contributed by atoms with Crippen LogP contribution in [0.1, 0.15) is 76.4 Å². The molecule has 2 aromatic rings. The Hall–Kier alpha value is -3.50. The number of anilines is 2. The highest BCUT2D eigenvalue weighted by Gasteiger charge is 2.38. The van der Waals surface area contributed by atoms with Crippen LogP contribution in [0.25, 0.3) is 0 Å². The number of nitrogens with one attached hydrogen (secondary N) is 2. The molecule has 194 valence electrons. The number of nitrogens with two attached hydrogens (primary N) is 1. The predicted molar refractivity (Wildman–Crippen MR) is 133 cm³/mol. The SMILES string of the molecule is CC(=O)NC1(c2noc(CCC(=O)Nc3ccc(N4CCCC(C(N)=O)C4)nc3)n2)CCCCCC1. The fourth-order valence-corrected chi connectivity index (χ4v) is 5.13. The van der Waals surface area contributed by atoms with Gasteiger partial charge in [0.25, 0.3) is 0 Å². The third kappa shape index (κ3) is 6.38. The van der Waals surface area contributed by atoms with Crippen LogP contribution in [0, 0.1) is 5.92 Å². The van der Waals surface area contributed by atoms with Gasteiger partial charge in [-0.25, -0.2) is 4.98 Å². The molecule has 2 fully saturated rings. The number of aryl methyl sites for hydroxylation is 1. The summed E-state index contributed by atoms with van der Waals surface area (Å²) in [6.45, 7) is 2.88. The van der Waals surface area contributed by atoms with Gasteiger partial charge in [-0.2, -0.15) is 4.98 Å². The number of primary amides is 1. The molecule has 2 aliphatic rings. The van der Waals surface area contributed by atoms with Crippen molar-refractivity contribution in [3.8, 4) is 0 Å². The zero-order valence-corrected chi connectivity index (χ0v) is 20.8. The summed E-state index contributed by atoms with van der Waals surface area (Å²) in [4.78, 5) is 46.9. The first-order valence-electron chi connectivity index (χ1n) is 12.8. The van der Waals surface area contributed by atoms with Crippen molar-refractivity contribution in [2.75, 3.05) is 23.3 Å². The number of piperidine rings is 1. The quantitative estimate of drug-likeness (QED) is 0.469. The van der Waals surface area contributed by atoms with E-state index in [0.717, 1.165) is 63.7 Å². The van der Waals surface area contributed by atoms with Crippen LogP contribution in [0.2, 0.25) is 0 Å². The Kier molecular flexibility index (Phi) is 8.17. The highest BCUT2D eigenvalue weighted by molar-refractivity contribution is 5.90. The van der Waals surface area contributed by atoms with Gasteiger partial charge in [-0.15, -0.1) is 0 Å². The number of hydrogen-bond donors (Lipinski definition) is 3. The lowest BCUT2D eigenvalue weighted by Gasteiger charge is -2.32. The number of rotatable bonds is 8. The van der Waals surface area contributed by atoms with Crippen LogP contribution in [0.4, 0.5) is 11.5 Å². The van der Waals surface area contributed by atoms with E-state index in [1.165, 1.54) is 6.92 Å². The Morgan fingerprint density at radius 1 is 1.17 bits per heavy atom. The molecule has 4 N–H and O–H groups in total. The van der Waals surface area contributed by atoms with Gasteiger partial charge < -0.3 is 25.8 Å². The van der Waals surface area contributed by atoms with Crippen molar-refractivity contribution in [1.29, 1.82) is 0 Å². The molecule has 36 heavy (non-hydrogen) atoms. The summed E-state index contributed by atoms with van der Waals surface area (Å²) >= 11 is 0. The zero-order valence-electron chi connectivity index (χ0n) is 20.8. The fraction of sp³-hybridized carbons (Fsp3) is 0.600. The minimum Gasteiger partial charge on any atom is -0.369 e.